The molecular weight excluding hydrogens is 314 g/mol. The van der Waals surface area contributed by atoms with E-state index in [4.69, 9.17) is 0 Å². The summed E-state index contributed by atoms with van der Waals surface area (Å²) in [6.45, 7) is 2.12. The average Bonchev–Trinajstić information content (AvgIpc) is 2.80. The van der Waals surface area contributed by atoms with Gasteiger partial charge in [-0.05, 0) is 30.9 Å². The van der Waals surface area contributed by atoms with Gasteiger partial charge in [0.15, 0.2) is 0 Å². The van der Waals surface area contributed by atoms with Gasteiger partial charge in [-0.25, -0.2) is 4.79 Å². The van der Waals surface area contributed by atoms with Gasteiger partial charge in [-0.2, -0.15) is 11.8 Å². The fourth-order valence-corrected chi connectivity index (χ4v) is 2.74. The molecule has 0 bridgehead atoms. The van der Waals surface area contributed by atoms with E-state index in [0.717, 1.165) is 21.8 Å². The number of carbonyl (C=O) groups is 3. The van der Waals surface area contributed by atoms with Crippen molar-refractivity contribution in [1.29, 1.82) is 0 Å². The number of aryl methyl sites for hydroxylation is 1. The van der Waals surface area contributed by atoms with Crippen molar-refractivity contribution >= 4 is 29.6 Å². The maximum absolute atomic E-state index is 12.1. The van der Waals surface area contributed by atoms with Gasteiger partial charge in [0.2, 0.25) is 5.91 Å². The molecule has 7 heteroatoms. The van der Waals surface area contributed by atoms with Gasteiger partial charge in [0.05, 0.1) is 0 Å². The van der Waals surface area contributed by atoms with Crippen LogP contribution in [0.1, 0.15) is 17.5 Å². The Balaban J connectivity index is 1.83. The Bertz CT molecular complexity index is 589. The van der Waals surface area contributed by atoms with Crippen LogP contribution in [0, 0.1) is 6.92 Å². The van der Waals surface area contributed by atoms with Gasteiger partial charge in [-0.1, -0.05) is 29.8 Å². The zero-order valence-corrected chi connectivity index (χ0v) is 14.1. The van der Waals surface area contributed by atoms with E-state index in [0.29, 0.717) is 13.0 Å². The maximum Gasteiger partial charge on any atom is 0.325 e. The van der Waals surface area contributed by atoms with Gasteiger partial charge in [0.1, 0.15) is 12.6 Å². The van der Waals surface area contributed by atoms with Crippen LogP contribution in [0.25, 0.3) is 0 Å². The van der Waals surface area contributed by atoms with Gasteiger partial charge < -0.3 is 10.6 Å². The number of hydrogen-bond donors (Lipinski definition) is 2. The molecule has 0 saturated carbocycles. The second-order valence-corrected chi connectivity index (χ2v) is 6.46. The Morgan fingerprint density at radius 2 is 2.00 bits per heavy atom. The second kappa shape index (κ2) is 8.01. The highest BCUT2D eigenvalue weighted by Crippen LogP contribution is 2.11. The molecule has 6 nitrogen and oxygen atoms in total. The quantitative estimate of drug-likeness (QED) is 0.736. The predicted molar refractivity (Wildman–Crippen MR) is 90.1 cm³/mol. The van der Waals surface area contributed by atoms with E-state index in [9.17, 15) is 14.4 Å². The second-order valence-electron chi connectivity index (χ2n) is 5.47. The molecule has 1 aliphatic heterocycles. The van der Waals surface area contributed by atoms with Crippen LogP contribution >= 0.6 is 11.8 Å². The zero-order chi connectivity index (χ0) is 16.8. The highest BCUT2D eigenvalue weighted by molar-refractivity contribution is 7.98. The van der Waals surface area contributed by atoms with Crippen LogP contribution in [0.2, 0.25) is 0 Å². The first-order chi connectivity index (χ1) is 11.0. The largest absolute Gasteiger partial charge is 0.350 e. The normalized spacial score (nSPS) is 17.3. The van der Waals surface area contributed by atoms with Crippen LogP contribution in [0.5, 0.6) is 0 Å². The van der Waals surface area contributed by atoms with Crippen molar-refractivity contribution in [2.75, 3.05) is 18.6 Å². The fraction of sp³-hybridized carbons (Fsp3) is 0.438. The summed E-state index contributed by atoms with van der Waals surface area (Å²) in [5.74, 6) is 0.110. The van der Waals surface area contributed by atoms with Gasteiger partial charge in [-0.3, -0.25) is 14.5 Å². The Kier molecular flexibility index (Phi) is 6.04. The van der Waals surface area contributed by atoms with Gasteiger partial charge in [0, 0.05) is 6.54 Å². The maximum atomic E-state index is 12.1. The van der Waals surface area contributed by atoms with Crippen molar-refractivity contribution < 1.29 is 14.4 Å². The molecule has 0 spiro atoms. The molecular formula is C16H21N3O3S. The van der Waals surface area contributed by atoms with Crippen LogP contribution in [-0.4, -0.2) is 47.3 Å². The number of rotatable bonds is 7. The summed E-state index contributed by atoms with van der Waals surface area (Å²) in [5, 5.41) is 5.35. The van der Waals surface area contributed by atoms with E-state index in [2.05, 4.69) is 10.6 Å². The van der Waals surface area contributed by atoms with Crippen molar-refractivity contribution in [3.05, 3.63) is 35.4 Å². The molecule has 1 saturated heterocycles. The minimum absolute atomic E-state index is 0.244. The lowest BCUT2D eigenvalue weighted by molar-refractivity contribution is -0.132. The lowest BCUT2D eigenvalue weighted by atomic mass is 10.1. The summed E-state index contributed by atoms with van der Waals surface area (Å²) in [4.78, 5) is 36.9. The number of nitrogens with zero attached hydrogens (tertiary/aromatic N) is 1. The number of carbonyl (C=O) groups excluding carboxylic acids is 3. The van der Waals surface area contributed by atoms with Crippen LogP contribution in [-0.2, 0) is 16.1 Å². The molecule has 1 aliphatic rings. The number of imide groups is 1. The van der Waals surface area contributed by atoms with Crippen molar-refractivity contribution in [3.8, 4) is 0 Å². The summed E-state index contributed by atoms with van der Waals surface area (Å²) < 4.78 is 0. The smallest absolute Gasteiger partial charge is 0.325 e. The topological polar surface area (TPSA) is 78.5 Å². The molecule has 1 fully saturated rings. The lowest BCUT2D eigenvalue weighted by Gasteiger charge is -2.13. The van der Waals surface area contributed by atoms with Crippen LogP contribution < -0.4 is 10.6 Å². The minimum Gasteiger partial charge on any atom is -0.350 e. The minimum atomic E-state index is -0.514. The standard InChI is InChI=1S/C16H21N3O3S/c1-11-3-5-12(6-4-11)9-17-14(20)10-19-15(21)13(7-8-23-2)18-16(19)22/h3-6,13H,7-10H2,1-2H3,(H,17,20)(H,18,22). The molecule has 2 N–H and O–H groups in total. The van der Waals surface area contributed by atoms with E-state index in [1.807, 2.05) is 37.4 Å². The highest BCUT2D eigenvalue weighted by Gasteiger charge is 2.38. The van der Waals surface area contributed by atoms with Crippen molar-refractivity contribution in [2.45, 2.75) is 25.9 Å². The SMILES string of the molecule is CSCCC1NC(=O)N(CC(=O)NCc2ccc(C)cc2)C1=O. The zero-order valence-electron chi connectivity index (χ0n) is 13.3. The van der Waals surface area contributed by atoms with Gasteiger partial charge in [0.25, 0.3) is 5.91 Å². The van der Waals surface area contributed by atoms with E-state index >= 15 is 0 Å². The summed E-state index contributed by atoms with van der Waals surface area (Å²) in [6, 6.07) is 6.79. The molecule has 1 heterocycles. The number of hydrogen-bond acceptors (Lipinski definition) is 4. The number of benzene rings is 1. The van der Waals surface area contributed by atoms with E-state index in [1.54, 1.807) is 11.8 Å². The molecule has 0 radical (unpaired) electrons. The Morgan fingerprint density at radius 1 is 1.30 bits per heavy atom. The van der Waals surface area contributed by atoms with E-state index in [1.165, 1.54) is 0 Å². The molecule has 23 heavy (non-hydrogen) atoms. The number of amides is 4. The van der Waals surface area contributed by atoms with Crippen LogP contribution in [0.3, 0.4) is 0 Å². The summed E-state index contributed by atoms with van der Waals surface area (Å²) in [6.07, 6.45) is 2.52. The van der Waals surface area contributed by atoms with Crippen LogP contribution in [0.15, 0.2) is 24.3 Å². The molecule has 4 amide bonds. The Labute approximate surface area is 140 Å². The molecule has 0 aliphatic carbocycles. The van der Waals surface area contributed by atoms with Crippen molar-refractivity contribution in [1.82, 2.24) is 15.5 Å². The van der Waals surface area contributed by atoms with E-state index < -0.39 is 12.1 Å². The van der Waals surface area contributed by atoms with Gasteiger partial charge in [-0.15, -0.1) is 0 Å². The third-order valence-corrected chi connectivity index (χ3v) is 4.27. The molecule has 2 rings (SSSR count). The summed E-state index contributed by atoms with van der Waals surface area (Å²) in [7, 11) is 0. The first-order valence-corrected chi connectivity index (χ1v) is 8.83. The number of urea groups is 1. The Morgan fingerprint density at radius 3 is 2.65 bits per heavy atom. The van der Waals surface area contributed by atoms with Crippen molar-refractivity contribution in [3.63, 3.8) is 0 Å². The fourth-order valence-electron chi connectivity index (χ4n) is 2.26. The van der Waals surface area contributed by atoms with Crippen molar-refractivity contribution in [2.24, 2.45) is 0 Å². The first-order valence-electron chi connectivity index (χ1n) is 7.44. The van der Waals surface area contributed by atoms with Gasteiger partial charge >= 0.3 is 6.03 Å². The first kappa shape index (κ1) is 17.3. The molecule has 1 atom stereocenters. The van der Waals surface area contributed by atoms with E-state index in [-0.39, 0.29) is 18.4 Å². The molecule has 124 valence electrons. The monoisotopic (exact) mass is 335 g/mol. The molecule has 1 aromatic rings. The molecule has 1 aromatic carbocycles. The Hall–Kier alpha value is -2.02. The highest BCUT2D eigenvalue weighted by atomic mass is 32.2. The average molecular weight is 335 g/mol. The lowest BCUT2D eigenvalue weighted by Crippen LogP contribution is -2.41. The number of thioether (sulfide) groups is 1. The molecule has 1 unspecified atom stereocenters. The number of nitrogens with one attached hydrogen (secondary N) is 2. The third-order valence-electron chi connectivity index (χ3n) is 3.63. The summed E-state index contributed by atoms with van der Waals surface area (Å²) >= 11 is 1.61. The van der Waals surface area contributed by atoms with Crippen LogP contribution in [0.4, 0.5) is 4.79 Å². The summed E-state index contributed by atoms with van der Waals surface area (Å²) in [5.41, 5.74) is 2.12. The molecule has 0 aromatic heterocycles. The third kappa shape index (κ3) is 4.72. The predicted octanol–water partition coefficient (Wildman–Crippen LogP) is 1.28.